The first kappa shape index (κ1) is 18.6. The first-order valence-electron chi connectivity index (χ1n) is 7.83. The summed E-state index contributed by atoms with van der Waals surface area (Å²) in [6.45, 7) is 4.02. The zero-order valence-electron chi connectivity index (χ0n) is 14.6. The molecule has 0 spiro atoms. The summed E-state index contributed by atoms with van der Waals surface area (Å²) in [4.78, 5) is 16.8. The van der Waals surface area contributed by atoms with Gasteiger partial charge in [0.2, 0.25) is 0 Å². The molecule has 1 aliphatic heterocycles. The Kier molecular flexibility index (Phi) is 7.48. The lowest BCUT2D eigenvalue weighted by Gasteiger charge is -2.23. The summed E-state index contributed by atoms with van der Waals surface area (Å²) in [6.07, 6.45) is 6.41. The topological polar surface area (TPSA) is 42.4 Å². The van der Waals surface area contributed by atoms with Gasteiger partial charge in [0.25, 0.3) is 0 Å². The molecule has 0 bridgehead atoms. The maximum atomic E-state index is 10.3. The highest BCUT2D eigenvalue weighted by Gasteiger charge is 2.21. The summed E-state index contributed by atoms with van der Waals surface area (Å²) >= 11 is 0. The number of likely N-dealkylation sites (N-methyl/N-ethyl adjacent to an activating group) is 1. The third-order valence-corrected chi connectivity index (χ3v) is 3.66. The summed E-state index contributed by atoms with van der Waals surface area (Å²) in [6, 6.07) is 4.79. The van der Waals surface area contributed by atoms with Crippen molar-refractivity contribution in [2.24, 2.45) is 0 Å². The second-order valence-corrected chi connectivity index (χ2v) is 6.78. The Morgan fingerprint density at radius 3 is 2.64 bits per heavy atom. The van der Waals surface area contributed by atoms with Crippen LogP contribution in [0.3, 0.4) is 0 Å². The molecule has 1 atom stereocenters. The smallest absolute Gasteiger partial charge is 0.302 e. The largest absolute Gasteiger partial charge is 0.460 e. The Labute approximate surface area is 134 Å². The number of ether oxygens (including phenoxy) is 1. The van der Waals surface area contributed by atoms with Crippen LogP contribution in [0, 0.1) is 0 Å². The summed E-state index contributed by atoms with van der Waals surface area (Å²) in [7, 11) is 8.36. The van der Waals surface area contributed by atoms with E-state index in [1.165, 1.54) is 31.9 Å². The lowest BCUT2D eigenvalue weighted by molar-refractivity contribution is -0.870. The highest BCUT2D eigenvalue weighted by atomic mass is 16.5. The zero-order chi connectivity index (χ0) is 16.6. The number of nitrogens with zero attached hydrogens (tertiary/aromatic N) is 3. The average Bonchev–Trinajstić information content (AvgIpc) is 2.85. The van der Waals surface area contributed by atoms with E-state index in [0.717, 1.165) is 11.0 Å². The van der Waals surface area contributed by atoms with E-state index in [-0.39, 0.29) is 5.97 Å². The molecule has 1 aliphatic rings. The fraction of sp³-hybridized carbons (Fsp3) is 0.647. The molecular weight excluding hydrogens is 278 g/mol. The van der Waals surface area contributed by atoms with Gasteiger partial charge in [-0.05, 0) is 38.1 Å². The van der Waals surface area contributed by atoms with Gasteiger partial charge in [-0.15, -0.1) is 0 Å². The zero-order valence-corrected chi connectivity index (χ0v) is 14.6. The van der Waals surface area contributed by atoms with E-state index in [4.69, 9.17) is 4.74 Å². The molecule has 22 heavy (non-hydrogen) atoms. The Morgan fingerprint density at radius 1 is 1.45 bits per heavy atom. The van der Waals surface area contributed by atoms with Crippen molar-refractivity contribution in [1.82, 2.24) is 9.88 Å². The second-order valence-electron chi connectivity index (χ2n) is 6.78. The first-order valence-corrected chi connectivity index (χ1v) is 7.83. The molecule has 1 fully saturated rings. The van der Waals surface area contributed by atoms with E-state index in [1.54, 1.807) is 0 Å². The van der Waals surface area contributed by atoms with Gasteiger partial charge in [-0.1, -0.05) is 6.07 Å². The van der Waals surface area contributed by atoms with Gasteiger partial charge in [-0.3, -0.25) is 14.7 Å². The van der Waals surface area contributed by atoms with Crippen molar-refractivity contribution in [3.63, 3.8) is 0 Å². The summed E-state index contributed by atoms with van der Waals surface area (Å²) in [5.41, 5.74) is 1.36. The third kappa shape index (κ3) is 7.52. The highest BCUT2D eigenvalue weighted by Crippen LogP contribution is 2.29. The van der Waals surface area contributed by atoms with E-state index < -0.39 is 0 Å². The highest BCUT2D eigenvalue weighted by molar-refractivity contribution is 5.65. The van der Waals surface area contributed by atoms with E-state index >= 15 is 0 Å². The molecule has 0 amide bonds. The predicted molar refractivity (Wildman–Crippen MR) is 88.4 cm³/mol. The molecule has 0 radical (unpaired) electrons. The summed E-state index contributed by atoms with van der Waals surface area (Å²) < 4.78 is 5.59. The van der Waals surface area contributed by atoms with Crippen molar-refractivity contribution < 1.29 is 14.0 Å². The minimum absolute atomic E-state index is 0.201. The number of esters is 1. The molecule has 1 saturated heterocycles. The fourth-order valence-electron chi connectivity index (χ4n) is 2.37. The van der Waals surface area contributed by atoms with Gasteiger partial charge < -0.3 is 9.22 Å². The van der Waals surface area contributed by atoms with Crippen molar-refractivity contribution in [2.75, 3.05) is 47.9 Å². The van der Waals surface area contributed by atoms with Gasteiger partial charge in [0.05, 0.1) is 21.1 Å². The average molecular weight is 308 g/mol. The van der Waals surface area contributed by atoms with Gasteiger partial charge in [-0.25, -0.2) is 0 Å². The lowest BCUT2D eigenvalue weighted by Crippen LogP contribution is -2.37. The second kappa shape index (κ2) is 8.86. The number of carbonyl (C=O) groups excluding carboxylic acids is 1. The Morgan fingerprint density at radius 2 is 2.18 bits per heavy atom. The molecule has 0 aromatic carbocycles. The van der Waals surface area contributed by atoms with Crippen molar-refractivity contribution >= 4 is 5.97 Å². The van der Waals surface area contributed by atoms with Gasteiger partial charge in [0.1, 0.15) is 13.2 Å². The fourth-order valence-corrected chi connectivity index (χ4v) is 2.37. The quantitative estimate of drug-likeness (QED) is 0.631. The SMILES string of the molecule is CC(=O)OCC[N+](C)(C)C.CN1CCC[C@H]1c1cccnc1. The molecule has 0 N–H and O–H groups in total. The van der Waals surface area contributed by atoms with Gasteiger partial charge in [0, 0.05) is 25.4 Å². The molecule has 5 nitrogen and oxygen atoms in total. The van der Waals surface area contributed by atoms with Crippen LogP contribution in [0.2, 0.25) is 0 Å². The summed E-state index contributed by atoms with van der Waals surface area (Å²) in [5, 5.41) is 0. The van der Waals surface area contributed by atoms with Crippen LogP contribution in [0.1, 0.15) is 31.4 Å². The molecule has 124 valence electrons. The number of pyridine rings is 1. The van der Waals surface area contributed by atoms with Gasteiger partial charge in [-0.2, -0.15) is 0 Å². The van der Waals surface area contributed by atoms with E-state index in [0.29, 0.717) is 12.6 Å². The van der Waals surface area contributed by atoms with Crippen LogP contribution < -0.4 is 0 Å². The monoisotopic (exact) mass is 308 g/mol. The molecule has 0 aliphatic carbocycles. The molecule has 2 heterocycles. The first-order chi connectivity index (χ1) is 10.3. The normalized spacial score (nSPS) is 18.5. The van der Waals surface area contributed by atoms with Gasteiger partial charge in [0.15, 0.2) is 0 Å². The molecule has 0 saturated carbocycles. The summed E-state index contributed by atoms with van der Waals surface area (Å²) in [5.74, 6) is -0.201. The number of likely N-dealkylation sites (tertiary alicyclic amines) is 1. The van der Waals surface area contributed by atoms with Crippen LogP contribution in [0.5, 0.6) is 0 Å². The standard InChI is InChI=1S/C10H14N2.C7H16NO2/c1-12-7-3-5-10(12)9-4-2-6-11-8-9;1-7(9)10-6-5-8(2,3)4/h2,4,6,8,10H,3,5,7H2,1H3;5-6H2,1-4H3/q;+1/t10-;/m0./s1. The van der Waals surface area contributed by atoms with Crippen LogP contribution in [-0.2, 0) is 9.53 Å². The van der Waals surface area contributed by atoms with Crippen molar-refractivity contribution in [3.05, 3.63) is 30.1 Å². The van der Waals surface area contributed by atoms with Crippen molar-refractivity contribution in [1.29, 1.82) is 0 Å². The molecular formula is C17H30N3O2+. The van der Waals surface area contributed by atoms with E-state index in [9.17, 15) is 4.79 Å². The Balaban J connectivity index is 0.000000225. The van der Waals surface area contributed by atoms with Crippen molar-refractivity contribution in [3.8, 4) is 0 Å². The maximum Gasteiger partial charge on any atom is 0.302 e. The van der Waals surface area contributed by atoms with E-state index in [1.807, 2.05) is 18.5 Å². The van der Waals surface area contributed by atoms with Gasteiger partial charge >= 0.3 is 5.97 Å². The van der Waals surface area contributed by atoms with Crippen LogP contribution in [0.4, 0.5) is 0 Å². The lowest BCUT2D eigenvalue weighted by atomic mass is 10.1. The molecule has 5 heteroatoms. The Bertz CT molecular complexity index is 443. The molecule has 0 unspecified atom stereocenters. The predicted octanol–water partition coefficient (Wildman–Crippen LogP) is 2.10. The molecule has 1 aromatic rings. The number of hydrogen-bond donors (Lipinski definition) is 0. The van der Waals surface area contributed by atoms with Crippen LogP contribution in [0.25, 0.3) is 0 Å². The minimum Gasteiger partial charge on any atom is -0.460 e. The Hall–Kier alpha value is -1.46. The van der Waals surface area contributed by atoms with Crippen molar-refractivity contribution in [2.45, 2.75) is 25.8 Å². The number of quaternary nitrogens is 1. The van der Waals surface area contributed by atoms with Crippen LogP contribution in [0.15, 0.2) is 24.5 Å². The van der Waals surface area contributed by atoms with E-state index in [2.05, 4.69) is 44.1 Å². The molecule has 1 aromatic heterocycles. The third-order valence-electron chi connectivity index (χ3n) is 3.66. The van der Waals surface area contributed by atoms with Crippen LogP contribution in [-0.4, -0.2) is 68.2 Å². The minimum atomic E-state index is -0.201. The number of rotatable bonds is 4. The maximum absolute atomic E-state index is 10.3. The number of hydrogen-bond acceptors (Lipinski definition) is 4. The molecule has 2 rings (SSSR count). The number of aromatic nitrogens is 1. The van der Waals surface area contributed by atoms with Crippen LogP contribution >= 0.6 is 0 Å². The number of carbonyl (C=O) groups is 1.